The van der Waals surface area contributed by atoms with E-state index in [4.69, 9.17) is 9.47 Å². The molecule has 12 rings (SSSR count). The molecule has 0 aromatic heterocycles. The van der Waals surface area contributed by atoms with E-state index in [9.17, 15) is 33.6 Å². The van der Waals surface area contributed by atoms with Crippen molar-refractivity contribution in [1.29, 1.82) is 0 Å². The van der Waals surface area contributed by atoms with Crippen molar-refractivity contribution >= 4 is 52.6 Å². The zero-order chi connectivity index (χ0) is 56.1. The number of anilines is 2. The standard InChI is InChI=1S/C69H43N3O9/c1-69(2,48-23-27-52(28-24-48)80-54-31-34-56-60(40-54)64(75)70(3)63(56)74)49-25-29-53(30-26-49)81-55-32-35-58-61(41-55)68(79)72(66(58)77)51-38-47(62(73)46-21-18-44(19-22-46)15-14-42-10-6-4-7-11-42)37-50(39-51)71-65(76)57-33-20-45(36-59(57)67(71)78)17-16-43-12-8-5-9-13-43/h4-13,18-41H,1-3H3. The quantitative estimate of drug-likeness (QED) is 0.0741. The first-order valence-electron chi connectivity index (χ1n) is 25.7. The van der Waals surface area contributed by atoms with Crippen molar-refractivity contribution in [1.82, 2.24) is 4.90 Å². The predicted octanol–water partition coefficient (Wildman–Crippen LogP) is 12.5. The van der Waals surface area contributed by atoms with Gasteiger partial charge in [0.15, 0.2) is 5.78 Å². The summed E-state index contributed by atoms with van der Waals surface area (Å²) in [7, 11) is 1.45. The highest BCUT2D eigenvalue weighted by Gasteiger charge is 2.41. The molecule has 3 aliphatic heterocycles. The third kappa shape index (κ3) is 9.49. The highest BCUT2D eigenvalue weighted by Crippen LogP contribution is 2.39. The molecule has 12 heteroatoms. The summed E-state index contributed by atoms with van der Waals surface area (Å²) in [5.74, 6) is 10.2. The van der Waals surface area contributed by atoms with Crippen LogP contribution in [0.4, 0.5) is 11.4 Å². The summed E-state index contributed by atoms with van der Waals surface area (Å²) in [4.78, 5) is 99.8. The van der Waals surface area contributed by atoms with Gasteiger partial charge in [0.25, 0.3) is 35.4 Å². The summed E-state index contributed by atoms with van der Waals surface area (Å²) in [6.45, 7) is 4.17. The molecule has 0 radical (unpaired) electrons. The van der Waals surface area contributed by atoms with Gasteiger partial charge in [-0.1, -0.05) is 98.2 Å². The van der Waals surface area contributed by atoms with Gasteiger partial charge in [-0.2, -0.15) is 0 Å². The number of carbonyl (C=O) groups excluding carboxylic acids is 7. The van der Waals surface area contributed by atoms with Crippen LogP contribution in [0.2, 0.25) is 0 Å². The summed E-state index contributed by atoms with van der Waals surface area (Å²) in [6.07, 6.45) is 0. The zero-order valence-electron chi connectivity index (χ0n) is 43.6. The number of ether oxygens (including phenoxy) is 2. The molecule has 3 aliphatic rings. The van der Waals surface area contributed by atoms with E-state index in [2.05, 4.69) is 37.5 Å². The van der Waals surface area contributed by atoms with Crippen LogP contribution in [-0.2, 0) is 5.41 Å². The van der Waals surface area contributed by atoms with Crippen molar-refractivity contribution in [3.8, 4) is 46.7 Å². The van der Waals surface area contributed by atoms with E-state index in [-0.39, 0.29) is 62.3 Å². The van der Waals surface area contributed by atoms with Gasteiger partial charge < -0.3 is 9.47 Å². The Labute approximate surface area is 465 Å². The van der Waals surface area contributed by atoms with Gasteiger partial charge in [-0.05, 0) is 157 Å². The molecule has 6 amide bonds. The number of fused-ring (bicyclic) bond motifs is 3. The predicted molar refractivity (Wildman–Crippen MR) is 304 cm³/mol. The van der Waals surface area contributed by atoms with Crippen molar-refractivity contribution in [2.45, 2.75) is 19.3 Å². The molecule has 0 N–H and O–H groups in total. The summed E-state index contributed by atoms with van der Waals surface area (Å²) in [5.41, 5.74) is 5.49. The first-order chi connectivity index (χ1) is 39.2. The molecule has 0 atom stereocenters. The molecule has 388 valence electrons. The summed E-state index contributed by atoms with van der Waals surface area (Å²) >= 11 is 0. The zero-order valence-corrected chi connectivity index (χ0v) is 43.6. The first kappa shape index (κ1) is 50.6. The molecule has 0 saturated heterocycles. The molecule has 0 spiro atoms. The second-order valence-electron chi connectivity index (χ2n) is 20.0. The minimum absolute atomic E-state index is 0.00823. The number of hydrogen-bond donors (Lipinski definition) is 0. The molecular weight excluding hydrogens is 1010 g/mol. The van der Waals surface area contributed by atoms with E-state index in [0.29, 0.717) is 39.5 Å². The van der Waals surface area contributed by atoms with Gasteiger partial charge in [0, 0.05) is 45.8 Å². The Morgan fingerprint density at radius 3 is 1.22 bits per heavy atom. The molecule has 0 fully saturated rings. The van der Waals surface area contributed by atoms with E-state index in [1.54, 1.807) is 60.7 Å². The van der Waals surface area contributed by atoms with E-state index >= 15 is 0 Å². The van der Waals surface area contributed by atoms with Crippen molar-refractivity contribution < 1.29 is 43.0 Å². The Hall–Kier alpha value is -11.2. The Kier molecular flexibility index (Phi) is 12.7. The monoisotopic (exact) mass is 1060 g/mol. The highest BCUT2D eigenvalue weighted by atomic mass is 16.5. The average molecular weight is 1060 g/mol. The molecule has 12 nitrogen and oxygen atoms in total. The lowest BCUT2D eigenvalue weighted by molar-refractivity contribution is 0.0690. The largest absolute Gasteiger partial charge is 0.457 e. The Bertz CT molecular complexity index is 4300. The van der Waals surface area contributed by atoms with Crippen LogP contribution in [0.1, 0.15) is 125 Å². The van der Waals surface area contributed by atoms with Crippen molar-refractivity contribution in [2.75, 3.05) is 16.8 Å². The number of amides is 6. The van der Waals surface area contributed by atoms with Gasteiger partial charge in [-0.3, -0.25) is 38.5 Å². The minimum atomic E-state index is -0.707. The van der Waals surface area contributed by atoms with Crippen LogP contribution in [0, 0.1) is 23.7 Å². The third-order valence-electron chi connectivity index (χ3n) is 14.5. The number of ketones is 1. The number of benzene rings is 9. The van der Waals surface area contributed by atoms with E-state index in [0.717, 1.165) is 37.0 Å². The molecule has 9 aromatic rings. The van der Waals surface area contributed by atoms with Crippen LogP contribution in [0.5, 0.6) is 23.0 Å². The fourth-order valence-corrected chi connectivity index (χ4v) is 9.98. The van der Waals surface area contributed by atoms with Gasteiger partial charge >= 0.3 is 0 Å². The SMILES string of the molecule is CN1C(=O)c2ccc(Oc3ccc(C(C)(C)c4ccc(Oc5ccc6c(c5)C(=O)N(c5cc(C(=O)c7ccc(C#Cc8ccccc8)cc7)cc(N7C(=O)c8ccc(C#Cc9ccccc9)cc8C7=O)c5)C6=O)cc4)cc3)cc2C1=O. The van der Waals surface area contributed by atoms with Gasteiger partial charge in [0.1, 0.15) is 23.0 Å². The minimum Gasteiger partial charge on any atom is -0.457 e. The number of carbonyl (C=O) groups is 7. The molecule has 3 heterocycles. The summed E-state index contributed by atoms with van der Waals surface area (Å²) in [6, 6.07) is 58.9. The fourth-order valence-electron chi connectivity index (χ4n) is 9.98. The lowest BCUT2D eigenvalue weighted by atomic mass is 9.78. The van der Waals surface area contributed by atoms with E-state index in [1.165, 1.54) is 43.4 Å². The molecule has 0 aliphatic carbocycles. The molecule has 0 unspecified atom stereocenters. The normalized spacial score (nSPS) is 13.3. The third-order valence-corrected chi connectivity index (χ3v) is 14.5. The topological polar surface area (TPSA) is 148 Å². The molecule has 9 aromatic carbocycles. The maximum Gasteiger partial charge on any atom is 0.266 e. The molecule has 0 saturated carbocycles. The smallest absolute Gasteiger partial charge is 0.266 e. The van der Waals surface area contributed by atoms with Gasteiger partial charge in [-0.25, -0.2) is 9.80 Å². The van der Waals surface area contributed by atoms with Crippen molar-refractivity contribution in [3.05, 3.63) is 284 Å². The summed E-state index contributed by atoms with van der Waals surface area (Å²) < 4.78 is 12.3. The number of rotatable bonds is 10. The highest BCUT2D eigenvalue weighted by molar-refractivity contribution is 6.37. The maximum atomic E-state index is 14.5. The second-order valence-corrected chi connectivity index (χ2v) is 20.0. The first-order valence-corrected chi connectivity index (χ1v) is 25.7. The fraction of sp³-hybridized carbons (Fsp3) is 0.0580. The molecule has 0 bridgehead atoms. The Balaban J connectivity index is 0.794. The van der Waals surface area contributed by atoms with Crippen molar-refractivity contribution in [3.63, 3.8) is 0 Å². The molecule has 81 heavy (non-hydrogen) atoms. The van der Waals surface area contributed by atoms with Crippen LogP contribution in [0.15, 0.2) is 206 Å². The average Bonchev–Trinajstić information content (AvgIpc) is 4.13. The Morgan fingerprint density at radius 2 is 0.728 bits per heavy atom. The van der Waals surface area contributed by atoms with E-state index in [1.807, 2.05) is 109 Å². The van der Waals surface area contributed by atoms with Crippen LogP contribution in [0.25, 0.3) is 0 Å². The van der Waals surface area contributed by atoms with Crippen LogP contribution in [0.3, 0.4) is 0 Å². The number of hydrogen-bond acceptors (Lipinski definition) is 9. The van der Waals surface area contributed by atoms with Crippen LogP contribution in [-0.4, -0.2) is 53.2 Å². The Morgan fingerprint density at radius 1 is 0.358 bits per heavy atom. The lowest BCUT2D eigenvalue weighted by Crippen LogP contribution is -2.32. The maximum absolute atomic E-state index is 14.5. The molecular formula is C69H43N3O9. The lowest BCUT2D eigenvalue weighted by Gasteiger charge is -2.26. The van der Waals surface area contributed by atoms with Crippen LogP contribution < -0.4 is 19.3 Å². The van der Waals surface area contributed by atoms with E-state index < -0.39 is 34.8 Å². The summed E-state index contributed by atoms with van der Waals surface area (Å²) in [5, 5.41) is 0. The number of nitrogens with zero attached hydrogens (tertiary/aromatic N) is 3. The van der Waals surface area contributed by atoms with Crippen LogP contribution >= 0.6 is 0 Å². The van der Waals surface area contributed by atoms with Gasteiger partial charge in [0.05, 0.1) is 44.8 Å². The second kappa shape index (κ2) is 20.3. The van der Waals surface area contributed by atoms with Crippen molar-refractivity contribution in [2.24, 2.45) is 0 Å². The van der Waals surface area contributed by atoms with Gasteiger partial charge in [-0.15, -0.1) is 0 Å². The van der Waals surface area contributed by atoms with Gasteiger partial charge in [0.2, 0.25) is 0 Å². The number of imide groups is 3.